The van der Waals surface area contributed by atoms with E-state index in [4.69, 9.17) is 0 Å². The minimum Gasteiger partial charge on any atom is -0.506 e. The minimum absolute atomic E-state index is 0.0248. The van der Waals surface area contributed by atoms with Crippen LogP contribution in [0.1, 0.15) is 33.0 Å². The molecule has 1 fully saturated rings. The Labute approximate surface area is 167 Å². The van der Waals surface area contributed by atoms with Gasteiger partial charge in [0.05, 0.1) is 12.1 Å². The number of nitrogens with zero attached hydrogens (tertiary/aromatic N) is 1. The molecule has 1 aliphatic heterocycles. The summed E-state index contributed by atoms with van der Waals surface area (Å²) in [6, 6.07) is 14.4. The number of aryl methyl sites for hydroxylation is 1. The van der Waals surface area contributed by atoms with Crippen LogP contribution in [-0.2, 0) is 11.3 Å². The van der Waals surface area contributed by atoms with Crippen LogP contribution in [0.4, 0.5) is 0 Å². The van der Waals surface area contributed by atoms with Crippen LogP contribution in [0.25, 0.3) is 10.8 Å². The molecule has 0 aliphatic carbocycles. The van der Waals surface area contributed by atoms with Crippen LogP contribution in [0.15, 0.2) is 48.5 Å². The molecule has 1 saturated heterocycles. The number of carbonyl (C=O) groups excluding carboxylic acids is 2. The number of thiophene rings is 1. The van der Waals surface area contributed by atoms with Gasteiger partial charge in [-0.15, -0.1) is 11.3 Å². The molecule has 1 aromatic heterocycles. The highest BCUT2D eigenvalue weighted by molar-refractivity contribution is 7.11. The molecule has 2 N–H and O–H groups in total. The fourth-order valence-corrected chi connectivity index (χ4v) is 4.57. The smallest absolute Gasteiger partial charge is 0.258 e. The molecule has 2 amide bonds. The summed E-state index contributed by atoms with van der Waals surface area (Å²) in [5, 5.41) is 15.1. The third kappa shape index (κ3) is 3.47. The lowest BCUT2D eigenvalue weighted by Gasteiger charge is -2.24. The average Bonchev–Trinajstić information content (AvgIpc) is 3.35. The predicted octanol–water partition coefficient (Wildman–Crippen LogP) is 3.84. The average molecular weight is 394 g/mol. The zero-order valence-electron chi connectivity index (χ0n) is 15.6. The van der Waals surface area contributed by atoms with Crippen molar-refractivity contribution in [3.63, 3.8) is 0 Å². The Balaban J connectivity index is 1.52. The summed E-state index contributed by atoms with van der Waals surface area (Å²) in [6.45, 7) is 3.02. The van der Waals surface area contributed by atoms with Gasteiger partial charge >= 0.3 is 0 Å². The maximum Gasteiger partial charge on any atom is 0.258 e. The number of nitrogens with one attached hydrogen (secondary N) is 1. The fraction of sp³-hybridized carbons (Fsp3) is 0.273. The van der Waals surface area contributed by atoms with E-state index in [0.717, 1.165) is 16.7 Å². The largest absolute Gasteiger partial charge is 0.506 e. The van der Waals surface area contributed by atoms with E-state index in [1.165, 1.54) is 4.88 Å². The van der Waals surface area contributed by atoms with Crippen LogP contribution in [0.3, 0.4) is 0 Å². The van der Waals surface area contributed by atoms with Gasteiger partial charge in [0, 0.05) is 21.7 Å². The summed E-state index contributed by atoms with van der Waals surface area (Å²) in [4.78, 5) is 29.7. The van der Waals surface area contributed by atoms with Gasteiger partial charge in [0.15, 0.2) is 0 Å². The molecule has 2 aromatic carbocycles. The molecule has 0 saturated carbocycles. The van der Waals surface area contributed by atoms with E-state index in [0.29, 0.717) is 24.9 Å². The van der Waals surface area contributed by atoms with Crippen LogP contribution < -0.4 is 5.32 Å². The van der Waals surface area contributed by atoms with E-state index in [1.54, 1.807) is 28.4 Å². The summed E-state index contributed by atoms with van der Waals surface area (Å²) in [5.41, 5.74) is 0.243. The molecular weight excluding hydrogens is 372 g/mol. The van der Waals surface area contributed by atoms with Gasteiger partial charge in [-0.25, -0.2) is 0 Å². The van der Waals surface area contributed by atoms with Crippen molar-refractivity contribution >= 4 is 33.9 Å². The molecule has 6 heteroatoms. The van der Waals surface area contributed by atoms with Crippen LogP contribution >= 0.6 is 11.3 Å². The summed E-state index contributed by atoms with van der Waals surface area (Å²) >= 11 is 1.65. The summed E-state index contributed by atoms with van der Waals surface area (Å²) in [7, 11) is 0. The molecule has 5 nitrogen and oxygen atoms in total. The molecule has 144 valence electrons. The van der Waals surface area contributed by atoms with Crippen molar-refractivity contribution in [2.45, 2.75) is 32.4 Å². The van der Waals surface area contributed by atoms with Gasteiger partial charge in [-0.05, 0) is 43.4 Å². The Hall–Kier alpha value is -2.86. The molecule has 28 heavy (non-hydrogen) atoms. The predicted molar refractivity (Wildman–Crippen MR) is 111 cm³/mol. The zero-order valence-corrected chi connectivity index (χ0v) is 16.5. The lowest BCUT2D eigenvalue weighted by atomic mass is 10.0. The number of benzene rings is 2. The number of carbonyl (C=O) groups is 2. The van der Waals surface area contributed by atoms with Crippen molar-refractivity contribution in [1.29, 1.82) is 0 Å². The first-order valence-electron chi connectivity index (χ1n) is 9.39. The lowest BCUT2D eigenvalue weighted by Crippen LogP contribution is -2.45. The first-order valence-corrected chi connectivity index (χ1v) is 10.2. The standard InChI is InChI=1S/C22H22N2O3S/c1-14-8-10-16(28-14)13-23-21(26)19-7-4-12-24(19)22(27)18-11-9-15-5-2-3-6-17(15)20(18)25/h2-3,5-6,8-11,19,25H,4,7,12-13H2,1H3,(H,23,26). The number of phenolic OH excluding ortho intramolecular Hbond substituents is 1. The Morgan fingerprint density at radius 1 is 1.18 bits per heavy atom. The topological polar surface area (TPSA) is 69.6 Å². The van der Waals surface area contributed by atoms with E-state index < -0.39 is 6.04 Å². The Morgan fingerprint density at radius 2 is 2.00 bits per heavy atom. The molecule has 2 heterocycles. The number of hydrogen-bond donors (Lipinski definition) is 2. The number of likely N-dealkylation sites (tertiary alicyclic amines) is 1. The van der Waals surface area contributed by atoms with Crippen molar-refractivity contribution in [2.75, 3.05) is 6.54 Å². The maximum atomic E-state index is 13.1. The molecule has 1 aliphatic rings. The third-order valence-corrected chi connectivity index (χ3v) is 6.18. The van der Waals surface area contributed by atoms with Crippen LogP contribution in [-0.4, -0.2) is 34.4 Å². The summed E-state index contributed by atoms with van der Waals surface area (Å²) in [5.74, 6) is -0.465. The molecule has 3 aromatic rings. The van der Waals surface area contributed by atoms with Gasteiger partial charge in [0.25, 0.3) is 5.91 Å². The molecule has 0 radical (unpaired) electrons. The molecule has 0 spiro atoms. The lowest BCUT2D eigenvalue weighted by molar-refractivity contribution is -0.125. The van der Waals surface area contributed by atoms with E-state index >= 15 is 0 Å². The van der Waals surface area contributed by atoms with Crippen LogP contribution in [0.2, 0.25) is 0 Å². The van der Waals surface area contributed by atoms with Crippen molar-refractivity contribution in [3.05, 3.63) is 63.8 Å². The fourth-order valence-electron chi connectivity index (χ4n) is 3.74. The van der Waals surface area contributed by atoms with Crippen LogP contribution in [0.5, 0.6) is 5.75 Å². The third-order valence-electron chi connectivity index (χ3n) is 5.18. The second kappa shape index (κ2) is 7.64. The molecular formula is C22H22N2O3S. The van der Waals surface area contributed by atoms with Gasteiger partial charge in [0.2, 0.25) is 5.91 Å². The summed E-state index contributed by atoms with van der Waals surface area (Å²) in [6.07, 6.45) is 1.41. The van der Waals surface area contributed by atoms with Gasteiger partial charge in [-0.2, -0.15) is 0 Å². The normalized spacial score (nSPS) is 16.5. The second-order valence-electron chi connectivity index (χ2n) is 7.07. The van der Waals surface area contributed by atoms with Crippen molar-refractivity contribution in [3.8, 4) is 5.75 Å². The van der Waals surface area contributed by atoms with E-state index in [2.05, 4.69) is 5.32 Å². The number of phenols is 1. The van der Waals surface area contributed by atoms with Crippen molar-refractivity contribution in [1.82, 2.24) is 10.2 Å². The van der Waals surface area contributed by atoms with Gasteiger partial charge in [-0.3, -0.25) is 9.59 Å². The van der Waals surface area contributed by atoms with Crippen molar-refractivity contribution in [2.24, 2.45) is 0 Å². The number of amides is 2. The second-order valence-corrected chi connectivity index (χ2v) is 8.44. The molecule has 1 unspecified atom stereocenters. The SMILES string of the molecule is Cc1ccc(CNC(=O)C2CCCN2C(=O)c2ccc3ccccc3c2O)s1. The van der Waals surface area contributed by atoms with Crippen LogP contribution in [0, 0.1) is 6.92 Å². The van der Waals surface area contributed by atoms with E-state index in [1.807, 2.05) is 43.3 Å². The van der Waals surface area contributed by atoms with Gasteiger partial charge < -0.3 is 15.3 Å². The van der Waals surface area contributed by atoms with Crippen molar-refractivity contribution < 1.29 is 14.7 Å². The maximum absolute atomic E-state index is 13.1. The Kier molecular flexibility index (Phi) is 5.05. The highest BCUT2D eigenvalue weighted by Gasteiger charge is 2.35. The quantitative estimate of drug-likeness (QED) is 0.706. The molecule has 4 rings (SSSR count). The number of aromatic hydroxyl groups is 1. The number of rotatable bonds is 4. The van der Waals surface area contributed by atoms with Gasteiger partial charge in [-0.1, -0.05) is 30.3 Å². The Morgan fingerprint density at radius 3 is 2.79 bits per heavy atom. The monoisotopic (exact) mass is 394 g/mol. The first kappa shape index (κ1) is 18.5. The molecule has 0 bridgehead atoms. The Bertz CT molecular complexity index is 1040. The first-order chi connectivity index (χ1) is 13.5. The zero-order chi connectivity index (χ0) is 19.7. The highest BCUT2D eigenvalue weighted by Crippen LogP contribution is 2.31. The number of hydrogen-bond acceptors (Lipinski definition) is 4. The minimum atomic E-state index is -0.501. The molecule has 1 atom stereocenters. The van der Waals surface area contributed by atoms with Gasteiger partial charge in [0.1, 0.15) is 11.8 Å². The number of fused-ring (bicyclic) bond motifs is 1. The van der Waals surface area contributed by atoms with E-state index in [-0.39, 0.29) is 23.1 Å². The summed E-state index contributed by atoms with van der Waals surface area (Å²) < 4.78 is 0. The van der Waals surface area contributed by atoms with E-state index in [9.17, 15) is 14.7 Å². The highest BCUT2D eigenvalue weighted by atomic mass is 32.1.